The van der Waals surface area contributed by atoms with Crippen molar-refractivity contribution in [2.24, 2.45) is 11.7 Å². The van der Waals surface area contributed by atoms with Crippen LogP contribution in [0.4, 0.5) is 5.82 Å². The van der Waals surface area contributed by atoms with Gasteiger partial charge in [-0.15, -0.1) is 0 Å². The van der Waals surface area contributed by atoms with E-state index in [0.717, 1.165) is 29.3 Å². The molecule has 0 spiro atoms. The highest BCUT2D eigenvalue weighted by Crippen LogP contribution is 2.19. The van der Waals surface area contributed by atoms with Crippen LogP contribution in [-0.4, -0.2) is 16.0 Å². The van der Waals surface area contributed by atoms with Crippen LogP contribution >= 0.6 is 12.2 Å². The van der Waals surface area contributed by atoms with Crippen molar-refractivity contribution >= 4 is 23.0 Å². The zero-order valence-corrected chi connectivity index (χ0v) is 12.5. The van der Waals surface area contributed by atoms with Gasteiger partial charge in [0.1, 0.15) is 10.8 Å². The van der Waals surface area contributed by atoms with Crippen molar-refractivity contribution in [2.75, 3.05) is 5.32 Å². The van der Waals surface area contributed by atoms with E-state index in [-0.39, 0.29) is 0 Å². The van der Waals surface area contributed by atoms with Crippen LogP contribution in [0.1, 0.15) is 44.7 Å². The van der Waals surface area contributed by atoms with Crippen LogP contribution in [0.5, 0.6) is 0 Å². The van der Waals surface area contributed by atoms with E-state index < -0.39 is 0 Å². The number of nitrogens with one attached hydrogen (secondary N) is 1. The predicted octanol–water partition coefficient (Wildman–Crippen LogP) is 3.26. The number of aromatic nitrogens is 1. The number of hydrogen-bond acceptors (Lipinski definition) is 3. The fourth-order valence-electron chi connectivity index (χ4n) is 1.87. The lowest BCUT2D eigenvalue weighted by Gasteiger charge is -2.18. The molecule has 1 unspecified atom stereocenters. The van der Waals surface area contributed by atoms with E-state index in [2.05, 4.69) is 31.1 Å². The maximum absolute atomic E-state index is 5.76. The Morgan fingerprint density at radius 2 is 2.06 bits per heavy atom. The number of nitrogens with zero attached hydrogens (tertiary/aromatic N) is 1. The molecule has 0 amide bonds. The van der Waals surface area contributed by atoms with Crippen molar-refractivity contribution in [3.8, 4) is 0 Å². The van der Waals surface area contributed by atoms with E-state index in [1.54, 1.807) is 6.20 Å². The molecule has 1 atom stereocenters. The van der Waals surface area contributed by atoms with Gasteiger partial charge in [0.15, 0.2) is 0 Å². The van der Waals surface area contributed by atoms with Crippen molar-refractivity contribution in [2.45, 2.75) is 46.6 Å². The zero-order chi connectivity index (χ0) is 13.7. The Kier molecular flexibility index (Phi) is 5.54. The average molecular weight is 265 g/mol. The Morgan fingerprint density at radius 3 is 2.61 bits per heavy atom. The normalized spacial score (nSPS) is 12.5. The quantitative estimate of drug-likeness (QED) is 0.775. The van der Waals surface area contributed by atoms with Crippen LogP contribution in [0.2, 0.25) is 0 Å². The summed E-state index contributed by atoms with van der Waals surface area (Å²) in [6.07, 6.45) is 4.10. The summed E-state index contributed by atoms with van der Waals surface area (Å²) in [5, 5.41) is 3.41. The summed E-state index contributed by atoms with van der Waals surface area (Å²) in [7, 11) is 0. The van der Waals surface area contributed by atoms with Crippen molar-refractivity contribution in [1.82, 2.24) is 4.98 Å². The molecule has 0 saturated carbocycles. The molecule has 0 aliphatic rings. The smallest absolute Gasteiger partial charge is 0.136 e. The molecule has 18 heavy (non-hydrogen) atoms. The van der Waals surface area contributed by atoms with Crippen molar-refractivity contribution in [3.63, 3.8) is 0 Å². The second kappa shape index (κ2) is 6.69. The topological polar surface area (TPSA) is 50.9 Å². The fourth-order valence-corrected chi connectivity index (χ4v) is 2.13. The molecule has 1 aromatic rings. The molecule has 100 valence electrons. The van der Waals surface area contributed by atoms with Gasteiger partial charge in [0.2, 0.25) is 0 Å². The summed E-state index contributed by atoms with van der Waals surface area (Å²) in [4.78, 5) is 4.75. The highest BCUT2D eigenvalue weighted by atomic mass is 32.1. The molecule has 0 bridgehead atoms. The molecule has 0 aliphatic carbocycles. The summed E-state index contributed by atoms with van der Waals surface area (Å²) < 4.78 is 0. The van der Waals surface area contributed by atoms with E-state index in [1.165, 1.54) is 6.42 Å². The molecular formula is C14H23N3S. The minimum atomic E-state index is 0.370. The maximum atomic E-state index is 5.76. The Balaban J connectivity index is 2.78. The van der Waals surface area contributed by atoms with Crippen molar-refractivity contribution in [3.05, 3.63) is 23.4 Å². The van der Waals surface area contributed by atoms with Gasteiger partial charge in [0.25, 0.3) is 0 Å². The van der Waals surface area contributed by atoms with Crippen LogP contribution < -0.4 is 11.1 Å². The van der Waals surface area contributed by atoms with Gasteiger partial charge in [-0.05, 0) is 44.2 Å². The van der Waals surface area contributed by atoms with Crippen LogP contribution in [0.3, 0.4) is 0 Å². The molecule has 3 nitrogen and oxygen atoms in total. The van der Waals surface area contributed by atoms with Gasteiger partial charge in [0, 0.05) is 12.2 Å². The summed E-state index contributed by atoms with van der Waals surface area (Å²) in [5.74, 6) is 1.52. The van der Waals surface area contributed by atoms with Gasteiger partial charge in [-0.2, -0.15) is 0 Å². The Labute approximate surface area is 115 Å². The third-order valence-corrected chi connectivity index (χ3v) is 3.17. The molecule has 0 aliphatic heterocycles. The first-order valence-electron chi connectivity index (χ1n) is 6.43. The predicted molar refractivity (Wildman–Crippen MR) is 82.0 cm³/mol. The number of anilines is 1. The van der Waals surface area contributed by atoms with Gasteiger partial charge in [0.05, 0.1) is 5.56 Å². The lowest BCUT2D eigenvalue weighted by molar-refractivity contribution is 0.527. The SMILES string of the molecule is Cc1ccnc(NC(C)CCC(C)C)c1C(N)=S. The Hall–Kier alpha value is -1.16. The van der Waals surface area contributed by atoms with Crippen molar-refractivity contribution in [1.29, 1.82) is 0 Å². The second-order valence-electron chi connectivity index (χ2n) is 5.23. The third-order valence-electron chi connectivity index (χ3n) is 2.97. The molecule has 0 aromatic carbocycles. The second-order valence-corrected chi connectivity index (χ2v) is 5.67. The number of thiocarbonyl (C=S) groups is 1. The maximum Gasteiger partial charge on any atom is 0.136 e. The summed E-state index contributed by atoms with van der Waals surface area (Å²) in [5.41, 5.74) is 7.70. The van der Waals surface area contributed by atoms with Crippen LogP contribution in [0.25, 0.3) is 0 Å². The largest absolute Gasteiger partial charge is 0.389 e. The molecule has 0 radical (unpaired) electrons. The number of rotatable bonds is 6. The molecule has 1 aromatic heterocycles. The first-order chi connectivity index (χ1) is 8.41. The first kappa shape index (κ1) is 14.9. The van der Waals surface area contributed by atoms with Gasteiger partial charge in [-0.25, -0.2) is 4.98 Å². The van der Waals surface area contributed by atoms with Crippen LogP contribution in [0.15, 0.2) is 12.3 Å². The summed E-state index contributed by atoms with van der Waals surface area (Å²) in [6, 6.07) is 2.30. The zero-order valence-electron chi connectivity index (χ0n) is 11.7. The average Bonchev–Trinajstić information content (AvgIpc) is 2.26. The van der Waals surface area contributed by atoms with Gasteiger partial charge in [-0.3, -0.25) is 0 Å². The Bertz CT molecular complexity index is 416. The molecular weight excluding hydrogens is 242 g/mol. The molecule has 0 fully saturated rings. The third kappa shape index (κ3) is 4.26. The minimum Gasteiger partial charge on any atom is -0.389 e. The monoisotopic (exact) mass is 265 g/mol. The van der Waals surface area contributed by atoms with E-state index in [1.807, 2.05) is 13.0 Å². The minimum absolute atomic E-state index is 0.370. The Morgan fingerprint density at radius 1 is 1.39 bits per heavy atom. The lowest BCUT2D eigenvalue weighted by Crippen LogP contribution is -2.21. The van der Waals surface area contributed by atoms with Gasteiger partial charge >= 0.3 is 0 Å². The standard InChI is InChI=1S/C14H23N3S/c1-9(2)5-6-11(4)17-14-12(13(15)18)10(3)7-8-16-14/h7-9,11H,5-6H2,1-4H3,(H2,15,18)(H,16,17). The van der Waals surface area contributed by atoms with E-state index >= 15 is 0 Å². The summed E-state index contributed by atoms with van der Waals surface area (Å²) >= 11 is 5.09. The van der Waals surface area contributed by atoms with Crippen LogP contribution in [0, 0.1) is 12.8 Å². The first-order valence-corrected chi connectivity index (χ1v) is 6.84. The van der Waals surface area contributed by atoms with Crippen molar-refractivity contribution < 1.29 is 0 Å². The molecule has 3 N–H and O–H groups in total. The number of nitrogens with two attached hydrogens (primary N) is 1. The highest BCUT2D eigenvalue weighted by molar-refractivity contribution is 7.80. The lowest BCUT2D eigenvalue weighted by atomic mass is 10.0. The van der Waals surface area contributed by atoms with Gasteiger partial charge in [-0.1, -0.05) is 26.1 Å². The molecule has 1 heterocycles. The van der Waals surface area contributed by atoms with E-state index in [4.69, 9.17) is 18.0 Å². The van der Waals surface area contributed by atoms with E-state index in [0.29, 0.717) is 11.0 Å². The number of aryl methyl sites for hydroxylation is 1. The van der Waals surface area contributed by atoms with E-state index in [9.17, 15) is 0 Å². The fraction of sp³-hybridized carbons (Fsp3) is 0.571. The molecule has 1 rings (SSSR count). The van der Waals surface area contributed by atoms with Crippen LogP contribution in [-0.2, 0) is 0 Å². The molecule has 0 saturated heterocycles. The van der Waals surface area contributed by atoms with Gasteiger partial charge < -0.3 is 11.1 Å². The number of pyridine rings is 1. The highest BCUT2D eigenvalue weighted by Gasteiger charge is 2.12. The number of hydrogen-bond donors (Lipinski definition) is 2. The summed E-state index contributed by atoms with van der Waals surface area (Å²) in [6.45, 7) is 8.63. The molecule has 4 heteroatoms.